The third kappa shape index (κ3) is 4.18. The second-order valence-electron chi connectivity index (χ2n) is 17.4. The smallest absolute Gasteiger partial charge is 0.310 e. The number of aliphatic hydroxyl groups is 4. The van der Waals surface area contributed by atoms with Crippen LogP contribution in [0.4, 0.5) is 0 Å². The van der Waals surface area contributed by atoms with Crippen molar-refractivity contribution < 1.29 is 39.8 Å². The fraction of sp³-hybridized carbons (Fsp3) is 0.914. The van der Waals surface area contributed by atoms with Crippen LogP contribution in [0.2, 0.25) is 0 Å². The van der Waals surface area contributed by atoms with Gasteiger partial charge in [-0.3, -0.25) is 4.79 Å². The maximum atomic E-state index is 12.9. The molecule has 6 aliphatic rings. The van der Waals surface area contributed by atoms with Gasteiger partial charge >= 0.3 is 5.97 Å². The lowest BCUT2D eigenvalue weighted by Gasteiger charge is -2.71. The van der Waals surface area contributed by atoms with E-state index in [1.54, 1.807) is 0 Å². The standard InChI is InChI=1S/C35H56O8/c1-30(2)14-16-35(29(40)41)17-15-33(6)19(24(35)27(30)39)8-9-22-32(5)12-11-23(31(3,4)21(32)10-13-34(22,33)7)43-28-26(38)25(37)20(36)18-42-28/h8,20-28,36-39H,9-18H2,1-7H3,(H,40,41)/t20-,21+,22-,23+,24-,25+,26-,27+,28+,32+,33-,34-,35+/m1/s1. The van der Waals surface area contributed by atoms with Crippen LogP contribution < -0.4 is 0 Å². The van der Waals surface area contributed by atoms with Crippen LogP contribution in [0.25, 0.3) is 0 Å². The van der Waals surface area contributed by atoms with Crippen molar-refractivity contribution in [1.82, 2.24) is 0 Å². The van der Waals surface area contributed by atoms with E-state index in [1.165, 1.54) is 5.57 Å². The van der Waals surface area contributed by atoms with E-state index in [9.17, 15) is 30.3 Å². The zero-order valence-corrected chi connectivity index (χ0v) is 27.3. The third-order valence-corrected chi connectivity index (χ3v) is 15.0. The summed E-state index contributed by atoms with van der Waals surface area (Å²) in [5, 5.41) is 53.2. The highest BCUT2D eigenvalue weighted by Gasteiger charge is 2.70. The fourth-order valence-electron chi connectivity index (χ4n) is 11.9. The van der Waals surface area contributed by atoms with Crippen molar-refractivity contribution in [3.05, 3.63) is 11.6 Å². The number of aliphatic carboxylic acids is 1. The van der Waals surface area contributed by atoms with Gasteiger partial charge in [-0.15, -0.1) is 0 Å². The lowest BCUT2D eigenvalue weighted by Crippen LogP contribution is -2.67. The molecule has 5 aliphatic carbocycles. The quantitative estimate of drug-likeness (QED) is 0.232. The van der Waals surface area contributed by atoms with Crippen LogP contribution in [-0.4, -0.2) is 74.9 Å². The van der Waals surface area contributed by atoms with Crippen LogP contribution >= 0.6 is 0 Å². The van der Waals surface area contributed by atoms with E-state index in [-0.39, 0.29) is 45.7 Å². The number of hydrogen-bond donors (Lipinski definition) is 5. The van der Waals surface area contributed by atoms with Gasteiger partial charge in [0.2, 0.25) is 0 Å². The second kappa shape index (κ2) is 9.98. The Morgan fingerprint density at radius 1 is 0.860 bits per heavy atom. The van der Waals surface area contributed by atoms with Gasteiger partial charge in [-0.05, 0) is 96.7 Å². The largest absolute Gasteiger partial charge is 0.481 e. The second-order valence-corrected chi connectivity index (χ2v) is 17.4. The molecule has 1 heterocycles. The molecule has 43 heavy (non-hydrogen) atoms. The molecule has 0 amide bonds. The molecule has 0 bridgehead atoms. The van der Waals surface area contributed by atoms with E-state index in [0.717, 1.165) is 44.9 Å². The summed E-state index contributed by atoms with van der Waals surface area (Å²) in [7, 11) is 0. The molecule has 4 saturated carbocycles. The first-order chi connectivity index (χ1) is 19.9. The molecule has 1 aliphatic heterocycles. The van der Waals surface area contributed by atoms with Gasteiger partial charge in [-0.25, -0.2) is 0 Å². The zero-order chi connectivity index (χ0) is 31.5. The molecule has 0 unspecified atom stereocenters. The number of aliphatic hydroxyl groups excluding tert-OH is 4. The van der Waals surface area contributed by atoms with Gasteiger partial charge in [0.15, 0.2) is 6.29 Å². The van der Waals surface area contributed by atoms with Crippen LogP contribution in [0, 0.1) is 50.2 Å². The predicted molar refractivity (Wildman–Crippen MR) is 161 cm³/mol. The van der Waals surface area contributed by atoms with Crippen LogP contribution in [0.3, 0.4) is 0 Å². The number of allylic oxidation sites excluding steroid dienone is 1. The number of hydrogen-bond acceptors (Lipinski definition) is 7. The van der Waals surface area contributed by atoms with Gasteiger partial charge in [-0.1, -0.05) is 60.1 Å². The van der Waals surface area contributed by atoms with Gasteiger partial charge < -0.3 is 35.0 Å². The van der Waals surface area contributed by atoms with E-state index in [2.05, 4.69) is 54.5 Å². The Labute approximate surface area is 257 Å². The van der Waals surface area contributed by atoms with Crippen molar-refractivity contribution in [2.24, 2.45) is 50.2 Å². The van der Waals surface area contributed by atoms with Crippen molar-refractivity contribution in [2.75, 3.05) is 6.61 Å². The molecule has 0 radical (unpaired) electrons. The predicted octanol–water partition coefficient (Wildman–Crippen LogP) is 4.67. The van der Waals surface area contributed by atoms with Crippen LogP contribution in [-0.2, 0) is 14.3 Å². The maximum absolute atomic E-state index is 12.9. The molecule has 244 valence electrons. The van der Waals surface area contributed by atoms with Gasteiger partial charge in [0.25, 0.3) is 0 Å². The summed E-state index contributed by atoms with van der Waals surface area (Å²) in [6.07, 6.45) is 4.37. The molecule has 6 rings (SSSR count). The monoisotopic (exact) mass is 604 g/mol. The Morgan fingerprint density at radius 2 is 1.53 bits per heavy atom. The highest BCUT2D eigenvalue weighted by Crippen LogP contribution is 2.76. The average Bonchev–Trinajstić information content (AvgIpc) is 2.92. The third-order valence-electron chi connectivity index (χ3n) is 15.0. The van der Waals surface area contributed by atoms with Gasteiger partial charge in [0, 0.05) is 5.92 Å². The van der Waals surface area contributed by atoms with Crippen molar-refractivity contribution >= 4 is 5.97 Å². The summed E-state index contributed by atoms with van der Waals surface area (Å²) in [6, 6.07) is 0. The van der Waals surface area contributed by atoms with Crippen molar-refractivity contribution in [1.29, 1.82) is 0 Å². The first kappa shape index (κ1) is 31.9. The van der Waals surface area contributed by atoms with Crippen LogP contribution in [0.15, 0.2) is 11.6 Å². The Hall–Kier alpha value is -1.03. The van der Waals surface area contributed by atoms with Gasteiger partial charge in [-0.2, -0.15) is 0 Å². The average molecular weight is 605 g/mol. The summed E-state index contributed by atoms with van der Waals surface area (Å²) in [5.74, 6) is -0.320. The van der Waals surface area contributed by atoms with Gasteiger partial charge in [0.1, 0.15) is 18.3 Å². The number of carbonyl (C=O) groups is 1. The minimum Gasteiger partial charge on any atom is -0.481 e. The number of ether oxygens (including phenoxy) is 2. The molecular weight excluding hydrogens is 548 g/mol. The molecule has 13 atom stereocenters. The van der Waals surface area contributed by atoms with Crippen molar-refractivity contribution in [3.8, 4) is 0 Å². The highest BCUT2D eigenvalue weighted by molar-refractivity contribution is 5.77. The molecule has 1 saturated heterocycles. The van der Waals surface area contributed by atoms with Crippen LogP contribution in [0.5, 0.6) is 0 Å². The van der Waals surface area contributed by atoms with E-state index in [1.807, 2.05) is 0 Å². The molecular formula is C35H56O8. The minimum atomic E-state index is -1.30. The van der Waals surface area contributed by atoms with Gasteiger partial charge in [0.05, 0.1) is 24.2 Å². The molecule has 5 fully saturated rings. The summed E-state index contributed by atoms with van der Waals surface area (Å²) < 4.78 is 12.1. The Morgan fingerprint density at radius 3 is 2.21 bits per heavy atom. The first-order valence-electron chi connectivity index (χ1n) is 16.8. The number of rotatable bonds is 3. The first-order valence-corrected chi connectivity index (χ1v) is 16.8. The molecule has 0 aromatic carbocycles. The number of carboxylic acid groups (broad SMARTS) is 1. The van der Waals surface area contributed by atoms with E-state index >= 15 is 0 Å². The fourth-order valence-corrected chi connectivity index (χ4v) is 11.9. The maximum Gasteiger partial charge on any atom is 0.310 e. The molecule has 0 aromatic rings. The normalized spacial score (nSPS) is 53.8. The Kier molecular flexibility index (Phi) is 7.41. The minimum absolute atomic E-state index is 0.0268. The van der Waals surface area contributed by atoms with Crippen LogP contribution in [0.1, 0.15) is 106 Å². The lowest BCUT2D eigenvalue weighted by molar-refractivity contribution is -0.308. The molecule has 8 nitrogen and oxygen atoms in total. The Bertz CT molecular complexity index is 1160. The molecule has 0 aromatic heterocycles. The molecule has 8 heteroatoms. The van der Waals surface area contributed by atoms with E-state index in [4.69, 9.17) is 9.47 Å². The van der Waals surface area contributed by atoms with E-state index in [0.29, 0.717) is 24.7 Å². The summed E-state index contributed by atoms with van der Waals surface area (Å²) in [5.41, 5.74) is -0.388. The van der Waals surface area contributed by atoms with Crippen molar-refractivity contribution in [2.45, 2.75) is 143 Å². The lowest BCUT2D eigenvalue weighted by atomic mass is 9.33. The summed E-state index contributed by atoms with van der Waals surface area (Å²) >= 11 is 0. The van der Waals surface area contributed by atoms with E-state index < -0.39 is 42.1 Å². The zero-order valence-electron chi connectivity index (χ0n) is 27.3. The molecule has 5 N–H and O–H groups in total. The van der Waals surface area contributed by atoms with Crippen molar-refractivity contribution in [3.63, 3.8) is 0 Å². The topological polar surface area (TPSA) is 137 Å². The molecule has 0 spiro atoms. The summed E-state index contributed by atoms with van der Waals surface area (Å²) in [6.45, 7) is 16.0. The summed E-state index contributed by atoms with van der Waals surface area (Å²) in [4.78, 5) is 12.9. The highest BCUT2D eigenvalue weighted by atomic mass is 16.7. The number of carboxylic acids is 1. The SMILES string of the molecule is CC1(C)CC[C@]2(C(=O)O)CC[C@]3(C)C(=CC[C@@H]4[C@@]5(C)CC[C@H](O[C@@H]6OC[C@@H](O)[C@H](O)[C@H]6O)C(C)(C)[C@@H]5CC[C@]43C)[C@@H]2[C@@H]1O. The number of fused-ring (bicyclic) bond motifs is 7. The Balaban J connectivity index is 1.32.